The van der Waals surface area contributed by atoms with Crippen molar-refractivity contribution >= 4 is 17.5 Å². The zero-order chi connectivity index (χ0) is 13.3. The first kappa shape index (κ1) is 12.5. The van der Waals surface area contributed by atoms with Gasteiger partial charge in [-0.1, -0.05) is 13.0 Å². The summed E-state index contributed by atoms with van der Waals surface area (Å²) in [6.07, 6.45) is 0.736. The van der Waals surface area contributed by atoms with E-state index in [1.54, 1.807) is 0 Å². The molecule has 0 saturated carbocycles. The van der Waals surface area contributed by atoms with Gasteiger partial charge in [-0.3, -0.25) is 14.5 Å². The summed E-state index contributed by atoms with van der Waals surface area (Å²) in [6.45, 7) is 2.00. The zero-order valence-corrected chi connectivity index (χ0v) is 10.1. The number of amides is 2. The Morgan fingerprint density at radius 3 is 2.50 bits per heavy atom. The molecule has 1 aliphatic rings. The molecule has 1 aromatic rings. The number of rotatable bonds is 2. The van der Waals surface area contributed by atoms with Crippen molar-refractivity contribution in [2.75, 3.05) is 5.73 Å². The van der Waals surface area contributed by atoms with Gasteiger partial charge in [0.1, 0.15) is 5.82 Å². The first-order valence-electron chi connectivity index (χ1n) is 5.84. The number of nitrogens with two attached hydrogens (primary N) is 1. The molecule has 4 nitrogen and oxygen atoms in total. The molecule has 2 rings (SSSR count). The third-order valence-electron chi connectivity index (χ3n) is 3.08. The van der Waals surface area contributed by atoms with Crippen molar-refractivity contribution in [3.05, 3.63) is 29.6 Å². The Morgan fingerprint density at radius 1 is 1.33 bits per heavy atom. The molecule has 0 radical (unpaired) electrons. The van der Waals surface area contributed by atoms with Gasteiger partial charge in [-0.15, -0.1) is 0 Å². The molecular formula is C13H15FN2O2. The van der Waals surface area contributed by atoms with Gasteiger partial charge in [0.25, 0.3) is 0 Å². The van der Waals surface area contributed by atoms with Crippen molar-refractivity contribution in [1.29, 1.82) is 0 Å². The van der Waals surface area contributed by atoms with Crippen LogP contribution in [0, 0.1) is 11.7 Å². The molecule has 1 heterocycles. The van der Waals surface area contributed by atoms with Crippen molar-refractivity contribution < 1.29 is 14.0 Å². The molecule has 1 saturated heterocycles. The van der Waals surface area contributed by atoms with E-state index < -0.39 is 5.82 Å². The van der Waals surface area contributed by atoms with E-state index in [4.69, 9.17) is 5.73 Å². The summed E-state index contributed by atoms with van der Waals surface area (Å²) in [4.78, 5) is 24.8. The number of carbonyl (C=O) groups is 2. The maximum Gasteiger partial charge on any atom is 0.229 e. The van der Waals surface area contributed by atoms with E-state index in [0.717, 1.165) is 0 Å². The number of halogens is 1. The number of hydrogen-bond acceptors (Lipinski definition) is 3. The van der Waals surface area contributed by atoms with Crippen molar-refractivity contribution in [3.8, 4) is 0 Å². The monoisotopic (exact) mass is 250 g/mol. The quantitative estimate of drug-likeness (QED) is 0.641. The Labute approximate surface area is 105 Å². The van der Waals surface area contributed by atoms with Crippen molar-refractivity contribution in [2.24, 2.45) is 5.92 Å². The third kappa shape index (κ3) is 2.50. The fraction of sp³-hybridized carbons (Fsp3) is 0.385. The number of piperidine rings is 1. The standard InChI is InChI=1S/C13H15FN2O2/c1-8-4-12(17)16(13(18)5-8)7-9-2-3-10(14)6-11(9)15/h2-3,6,8H,4-5,7,15H2,1H3. The topological polar surface area (TPSA) is 63.4 Å². The van der Waals surface area contributed by atoms with Crippen molar-refractivity contribution in [1.82, 2.24) is 4.90 Å². The Morgan fingerprint density at radius 2 is 1.94 bits per heavy atom. The molecule has 18 heavy (non-hydrogen) atoms. The number of anilines is 1. The second kappa shape index (κ2) is 4.76. The van der Waals surface area contributed by atoms with Crippen molar-refractivity contribution in [3.63, 3.8) is 0 Å². The van der Waals surface area contributed by atoms with Gasteiger partial charge >= 0.3 is 0 Å². The second-order valence-electron chi connectivity index (χ2n) is 4.73. The lowest BCUT2D eigenvalue weighted by Gasteiger charge is -2.28. The maximum atomic E-state index is 12.9. The molecule has 0 unspecified atom stereocenters. The minimum absolute atomic E-state index is 0.0896. The highest BCUT2D eigenvalue weighted by molar-refractivity contribution is 5.97. The predicted octanol–water partition coefficient (Wildman–Crippen LogP) is 1.69. The number of hydrogen-bond donors (Lipinski definition) is 1. The lowest BCUT2D eigenvalue weighted by atomic mass is 9.97. The molecular weight excluding hydrogens is 235 g/mol. The van der Waals surface area contributed by atoms with Crippen LogP contribution in [0.3, 0.4) is 0 Å². The first-order valence-corrected chi connectivity index (χ1v) is 5.84. The zero-order valence-electron chi connectivity index (χ0n) is 10.1. The fourth-order valence-electron chi connectivity index (χ4n) is 2.08. The highest BCUT2D eigenvalue weighted by Gasteiger charge is 2.30. The van der Waals surface area contributed by atoms with Gasteiger partial charge in [0.2, 0.25) is 11.8 Å². The molecule has 2 amide bonds. The first-order chi connectivity index (χ1) is 8.47. The number of benzene rings is 1. The smallest absolute Gasteiger partial charge is 0.229 e. The molecule has 5 heteroatoms. The minimum atomic E-state index is -0.429. The second-order valence-corrected chi connectivity index (χ2v) is 4.73. The van der Waals surface area contributed by atoms with Crippen LogP contribution in [0.25, 0.3) is 0 Å². The van der Waals surface area contributed by atoms with Gasteiger partial charge in [-0.2, -0.15) is 0 Å². The van der Waals surface area contributed by atoms with Crippen molar-refractivity contribution in [2.45, 2.75) is 26.3 Å². The number of nitrogen functional groups attached to an aromatic ring is 1. The Kier molecular flexibility index (Phi) is 3.32. The number of imide groups is 1. The van der Waals surface area contributed by atoms with E-state index in [1.165, 1.54) is 23.1 Å². The predicted molar refractivity (Wildman–Crippen MR) is 64.8 cm³/mol. The average Bonchev–Trinajstić information content (AvgIpc) is 2.25. The number of likely N-dealkylation sites (tertiary alicyclic amines) is 1. The Hall–Kier alpha value is -1.91. The number of carbonyl (C=O) groups excluding carboxylic acids is 2. The normalized spacial score (nSPS) is 17.3. The molecule has 1 aromatic carbocycles. The highest BCUT2D eigenvalue weighted by atomic mass is 19.1. The SMILES string of the molecule is CC1CC(=O)N(Cc2ccc(F)cc2N)C(=O)C1. The highest BCUT2D eigenvalue weighted by Crippen LogP contribution is 2.23. The maximum absolute atomic E-state index is 12.9. The summed E-state index contributed by atoms with van der Waals surface area (Å²) in [6, 6.07) is 3.97. The minimum Gasteiger partial charge on any atom is -0.398 e. The van der Waals surface area contributed by atoms with E-state index in [-0.39, 0.29) is 30.0 Å². The van der Waals surface area contributed by atoms with E-state index in [9.17, 15) is 14.0 Å². The molecule has 0 bridgehead atoms. The number of nitrogens with zero attached hydrogens (tertiary/aromatic N) is 1. The van der Waals surface area contributed by atoms with Crippen LogP contribution < -0.4 is 5.73 Å². The summed E-state index contributed by atoms with van der Waals surface area (Å²) in [5, 5.41) is 0. The van der Waals surface area contributed by atoms with Gasteiger partial charge in [0.15, 0.2) is 0 Å². The van der Waals surface area contributed by atoms with E-state index >= 15 is 0 Å². The summed E-state index contributed by atoms with van der Waals surface area (Å²) < 4.78 is 12.9. The van der Waals surface area contributed by atoms with Crippen LogP contribution in [-0.4, -0.2) is 16.7 Å². The van der Waals surface area contributed by atoms with Crippen LogP contribution in [0.4, 0.5) is 10.1 Å². The average molecular weight is 250 g/mol. The van der Waals surface area contributed by atoms with E-state index in [2.05, 4.69) is 0 Å². The van der Waals surface area contributed by atoms with Gasteiger partial charge in [0.05, 0.1) is 6.54 Å². The fourth-order valence-corrected chi connectivity index (χ4v) is 2.08. The van der Waals surface area contributed by atoms with Gasteiger partial charge in [-0.05, 0) is 23.6 Å². The van der Waals surface area contributed by atoms with Crippen LogP contribution in [0.1, 0.15) is 25.3 Å². The summed E-state index contributed by atoms with van der Waals surface area (Å²) >= 11 is 0. The molecule has 0 spiro atoms. The summed E-state index contributed by atoms with van der Waals surface area (Å²) in [5.74, 6) is -0.724. The van der Waals surface area contributed by atoms with Crippen LogP contribution >= 0.6 is 0 Å². The lowest BCUT2D eigenvalue weighted by molar-refractivity contribution is -0.150. The molecule has 0 aliphatic carbocycles. The molecule has 1 fully saturated rings. The Balaban J connectivity index is 2.18. The van der Waals surface area contributed by atoms with E-state index in [0.29, 0.717) is 18.4 Å². The molecule has 96 valence electrons. The van der Waals surface area contributed by atoms with Crippen LogP contribution in [0.15, 0.2) is 18.2 Å². The molecule has 1 aliphatic heterocycles. The van der Waals surface area contributed by atoms with Crippen LogP contribution in [-0.2, 0) is 16.1 Å². The van der Waals surface area contributed by atoms with Gasteiger partial charge < -0.3 is 5.73 Å². The summed E-state index contributed by atoms with van der Waals surface area (Å²) in [5.41, 5.74) is 6.52. The van der Waals surface area contributed by atoms with E-state index in [1.807, 2.05) is 6.92 Å². The molecule has 2 N–H and O–H groups in total. The van der Waals surface area contributed by atoms with Crippen LogP contribution in [0.2, 0.25) is 0 Å². The summed E-state index contributed by atoms with van der Waals surface area (Å²) in [7, 11) is 0. The Bertz CT molecular complexity index is 484. The van der Waals surface area contributed by atoms with Crippen LogP contribution in [0.5, 0.6) is 0 Å². The van der Waals surface area contributed by atoms with Gasteiger partial charge in [-0.25, -0.2) is 4.39 Å². The largest absolute Gasteiger partial charge is 0.398 e. The molecule has 0 aromatic heterocycles. The lowest BCUT2D eigenvalue weighted by Crippen LogP contribution is -2.42. The van der Waals surface area contributed by atoms with Gasteiger partial charge in [0, 0.05) is 18.5 Å². The molecule has 0 atom stereocenters. The third-order valence-corrected chi connectivity index (χ3v) is 3.08.